The van der Waals surface area contributed by atoms with Gasteiger partial charge in [0.05, 0.1) is 13.0 Å². The van der Waals surface area contributed by atoms with Crippen molar-refractivity contribution >= 4 is 40.9 Å². The van der Waals surface area contributed by atoms with Gasteiger partial charge in [-0.25, -0.2) is 9.97 Å². The zero-order valence-corrected chi connectivity index (χ0v) is 10.0. The normalized spacial score (nSPS) is 16.0. The number of anilines is 1. The molecule has 0 bridgehead atoms. The first kappa shape index (κ1) is 11.3. The number of thioether (sulfide) groups is 1. The smallest absolute Gasteiger partial charge is 0.236 e. The summed E-state index contributed by atoms with van der Waals surface area (Å²) in [6.45, 7) is 0.0694. The summed E-state index contributed by atoms with van der Waals surface area (Å²) < 4.78 is 0. The Morgan fingerprint density at radius 2 is 2.19 bits per heavy atom. The number of halogens is 1. The van der Waals surface area contributed by atoms with Crippen molar-refractivity contribution in [2.75, 3.05) is 17.7 Å². The lowest BCUT2D eigenvalue weighted by Gasteiger charge is -2.13. The Morgan fingerprint density at radius 1 is 1.44 bits per heavy atom. The van der Waals surface area contributed by atoms with Gasteiger partial charge in [0.15, 0.2) is 10.9 Å². The molecule has 7 heteroatoms. The molecule has 0 saturated carbocycles. The number of nitrogens with zero attached hydrogens (tertiary/aromatic N) is 3. The Bertz CT molecular complexity index is 466. The van der Waals surface area contributed by atoms with E-state index in [0.717, 1.165) is 0 Å². The van der Waals surface area contributed by atoms with E-state index in [1.807, 2.05) is 6.26 Å². The van der Waals surface area contributed by atoms with Crippen molar-refractivity contribution in [3.05, 3.63) is 11.2 Å². The number of ketones is 1. The molecule has 5 nitrogen and oxygen atoms in total. The van der Waals surface area contributed by atoms with E-state index in [1.165, 1.54) is 22.7 Å². The Kier molecular flexibility index (Phi) is 3.11. The molecule has 16 heavy (non-hydrogen) atoms. The van der Waals surface area contributed by atoms with E-state index < -0.39 is 0 Å². The second-order valence-corrected chi connectivity index (χ2v) is 4.39. The van der Waals surface area contributed by atoms with Crippen LogP contribution in [0.5, 0.6) is 0 Å². The maximum absolute atomic E-state index is 11.5. The second-order valence-electron chi connectivity index (χ2n) is 3.23. The summed E-state index contributed by atoms with van der Waals surface area (Å²) in [7, 11) is 0. The largest absolute Gasteiger partial charge is 0.297 e. The molecular weight excluding hydrogens is 250 g/mol. The Hall–Kier alpha value is -1.14. The first-order valence-electron chi connectivity index (χ1n) is 4.51. The van der Waals surface area contributed by atoms with Crippen LogP contribution in [0, 0.1) is 0 Å². The van der Waals surface area contributed by atoms with Gasteiger partial charge in [-0.05, 0) is 6.26 Å². The van der Waals surface area contributed by atoms with Gasteiger partial charge in [-0.3, -0.25) is 14.5 Å². The molecule has 1 amide bonds. The van der Waals surface area contributed by atoms with E-state index in [-0.39, 0.29) is 29.8 Å². The summed E-state index contributed by atoms with van der Waals surface area (Å²) in [6.07, 6.45) is 1.75. The molecule has 2 rings (SSSR count). The van der Waals surface area contributed by atoms with Gasteiger partial charge in [0.25, 0.3) is 0 Å². The number of amides is 1. The fourth-order valence-electron chi connectivity index (χ4n) is 1.41. The Balaban J connectivity index is 2.36. The maximum Gasteiger partial charge on any atom is 0.236 e. The van der Waals surface area contributed by atoms with Crippen LogP contribution in [-0.2, 0) is 9.59 Å². The highest BCUT2D eigenvalue weighted by atomic mass is 35.5. The van der Waals surface area contributed by atoms with Gasteiger partial charge in [0.1, 0.15) is 11.0 Å². The molecule has 0 aromatic carbocycles. The number of hydrogen-bond acceptors (Lipinski definition) is 5. The molecular formula is C9H8ClN3O2S. The molecule has 84 valence electrons. The number of hydrogen-bond donors (Lipinski definition) is 0. The molecule has 2 heterocycles. The molecule has 0 radical (unpaired) electrons. The molecule has 0 atom stereocenters. The monoisotopic (exact) mass is 257 g/mol. The van der Waals surface area contributed by atoms with Crippen LogP contribution in [-0.4, -0.2) is 34.5 Å². The van der Waals surface area contributed by atoms with E-state index in [4.69, 9.17) is 11.6 Å². The van der Waals surface area contributed by atoms with Crippen LogP contribution in [0.3, 0.4) is 0 Å². The van der Waals surface area contributed by atoms with Crippen molar-refractivity contribution in [1.29, 1.82) is 0 Å². The number of aromatic nitrogens is 2. The van der Waals surface area contributed by atoms with Gasteiger partial charge in [-0.1, -0.05) is 23.4 Å². The van der Waals surface area contributed by atoms with Gasteiger partial charge in [-0.2, -0.15) is 0 Å². The lowest BCUT2D eigenvalue weighted by atomic mass is 10.3. The molecule has 1 saturated heterocycles. The molecule has 1 aliphatic rings. The summed E-state index contributed by atoms with van der Waals surface area (Å²) >= 11 is 7.13. The van der Waals surface area contributed by atoms with Crippen LogP contribution < -0.4 is 4.90 Å². The van der Waals surface area contributed by atoms with Gasteiger partial charge >= 0.3 is 0 Å². The zero-order valence-electron chi connectivity index (χ0n) is 8.44. The van der Waals surface area contributed by atoms with Crippen LogP contribution in [0.15, 0.2) is 11.2 Å². The topological polar surface area (TPSA) is 63.2 Å². The minimum atomic E-state index is -0.244. The fraction of sp³-hybridized carbons (Fsp3) is 0.333. The third-order valence-corrected chi connectivity index (χ3v) is 2.85. The highest BCUT2D eigenvalue weighted by molar-refractivity contribution is 7.98. The van der Waals surface area contributed by atoms with E-state index >= 15 is 0 Å². The predicted molar refractivity (Wildman–Crippen MR) is 60.8 cm³/mol. The van der Waals surface area contributed by atoms with E-state index in [9.17, 15) is 9.59 Å². The van der Waals surface area contributed by atoms with Crippen LogP contribution in [0.1, 0.15) is 6.42 Å². The van der Waals surface area contributed by atoms with E-state index in [2.05, 4.69) is 9.97 Å². The third kappa shape index (κ3) is 2.17. The van der Waals surface area contributed by atoms with Crippen molar-refractivity contribution in [3.63, 3.8) is 0 Å². The molecule has 1 aromatic heterocycles. The van der Waals surface area contributed by atoms with Gasteiger partial charge in [0, 0.05) is 6.07 Å². The lowest BCUT2D eigenvalue weighted by molar-refractivity contribution is -0.121. The third-order valence-electron chi connectivity index (χ3n) is 2.10. The molecule has 0 spiro atoms. The zero-order chi connectivity index (χ0) is 11.7. The van der Waals surface area contributed by atoms with Crippen molar-refractivity contribution < 1.29 is 9.59 Å². The van der Waals surface area contributed by atoms with Crippen molar-refractivity contribution in [2.45, 2.75) is 11.6 Å². The van der Waals surface area contributed by atoms with E-state index in [0.29, 0.717) is 11.0 Å². The lowest BCUT2D eigenvalue weighted by Crippen LogP contribution is -2.25. The van der Waals surface area contributed by atoms with Crippen molar-refractivity contribution in [2.24, 2.45) is 0 Å². The summed E-state index contributed by atoms with van der Waals surface area (Å²) in [4.78, 5) is 32.1. The average Bonchev–Trinajstić information content (AvgIpc) is 2.57. The number of rotatable bonds is 2. The van der Waals surface area contributed by atoms with Crippen LogP contribution in [0.4, 0.5) is 5.82 Å². The second kappa shape index (κ2) is 4.39. The number of carbonyl (C=O) groups excluding carboxylic acids is 2. The van der Waals surface area contributed by atoms with Gasteiger partial charge < -0.3 is 0 Å². The molecule has 1 aromatic rings. The van der Waals surface area contributed by atoms with E-state index in [1.54, 1.807) is 0 Å². The van der Waals surface area contributed by atoms with Crippen LogP contribution >= 0.6 is 23.4 Å². The SMILES string of the molecule is CSc1nc(Cl)cc(N2CC(=O)CC2=O)n1. The molecule has 0 N–H and O–H groups in total. The van der Waals surface area contributed by atoms with Crippen molar-refractivity contribution in [3.8, 4) is 0 Å². The maximum atomic E-state index is 11.5. The minimum absolute atomic E-state index is 0.0593. The number of carbonyl (C=O) groups is 2. The number of Topliss-reactive ketones (excluding diaryl/α,β-unsaturated/α-hetero) is 1. The quantitative estimate of drug-likeness (QED) is 0.344. The summed E-state index contributed by atoms with van der Waals surface area (Å²) in [5.41, 5.74) is 0. The molecule has 0 aliphatic carbocycles. The first-order valence-corrected chi connectivity index (χ1v) is 6.11. The Morgan fingerprint density at radius 3 is 2.75 bits per heavy atom. The molecule has 1 aliphatic heterocycles. The van der Waals surface area contributed by atoms with Crippen LogP contribution in [0.2, 0.25) is 5.15 Å². The van der Waals surface area contributed by atoms with Gasteiger partial charge in [0.2, 0.25) is 5.91 Å². The predicted octanol–water partition coefficient (Wildman–Crippen LogP) is 1.16. The van der Waals surface area contributed by atoms with Crippen molar-refractivity contribution in [1.82, 2.24) is 9.97 Å². The van der Waals surface area contributed by atoms with Crippen LogP contribution in [0.25, 0.3) is 0 Å². The standard InChI is InChI=1S/C9H8ClN3O2S/c1-16-9-11-6(10)3-7(12-9)13-4-5(14)2-8(13)15/h3H,2,4H2,1H3. The highest BCUT2D eigenvalue weighted by Crippen LogP contribution is 2.23. The summed E-state index contributed by atoms with van der Waals surface area (Å²) in [6, 6.07) is 1.48. The summed E-state index contributed by atoms with van der Waals surface area (Å²) in [5.74, 6) is 0.0393. The average molecular weight is 258 g/mol. The highest BCUT2D eigenvalue weighted by Gasteiger charge is 2.29. The van der Waals surface area contributed by atoms with Gasteiger partial charge in [-0.15, -0.1) is 0 Å². The summed E-state index contributed by atoms with van der Waals surface area (Å²) in [5, 5.41) is 0.746. The molecule has 0 unspecified atom stereocenters. The Labute approximate surface area is 101 Å². The minimum Gasteiger partial charge on any atom is -0.297 e. The molecule has 1 fully saturated rings. The first-order chi connectivity index (χ1) is 7.60. The fourth-order valence-corrected chi connectivity index (χ4v) is 2.01.